The molecule has 0 atom stereocenters. The summed E-state index contributed by atoms with van der Waals surface area (Å²) in [6.07, 6.45) is 0. The Bertz CT molecular complexity index is 198. The molecule has 0 aliphatic carbocycles. The highest BCUT2D eigenvalue weighted by atomic mass is 16.3. The minimum atomic E-state index is -0.104. The zero-order chi connectivity index (χ0) is 6.69. The van der Waals surface area contributed by atoms with Crippen molar-refractivity contribution in [2.45, 2.75) is 6.61 Å². The van der Waals surface area contributed by atoms with Gasteiger partial charge in [-0.2, -0.15) is 0 Å². The van der Waals surface area contributed by atoms with Gasteiger partial charge in [-0.25, -0.2) is 0 Å². The molecule has 0 saturated carbocycles. The largest absolute Gasteiger partial charge is 0.508 e. The Hall–Kier alpha value is -1.06. The fourth-order valence-corrected chi connectivity index (χ4v) is 0.645. The second kappa shape index (κ2) is 3.87. The highest BCUT2D eigenvalue weighted by Crippen LogP contribution is 2.14. The van der Waals surface area contributed by atoms with Crippen LogP contribution in [0.5, 0.6) is 5.75 Å². The van der Waals surface area contributed by atoms with E-state index in [1.165, 1.54) is 0 Å². The van der Waals surface area contributed by atoms with Crippen molar-refractivity contribution in [1.82, 2.24) is 0 Å². The second-order valence-corrected chi connectivity index (χ2v) is 1.79. The lowest BCUT2D eigenvalue weighted by Crippen LogP contribution is -1.80. The van der Waals surface area contributed by atoms with E-state index >= 15 is 0 Å². The maximum absolute atomic E-state index is 8.95. The van der Waals surface area contributed by atoms with E-state index < -0.39 is 0 Å². The molecule has 0 spiro atoms. The zero-order valence-corrected chi connectivity index (χ0v) is 5.41. The second-order valence-electron chi connectivity index (χ2n) is 1.79. The van der Waals surface area contributed by atoms with Gasteiger partial charge in [-0.3, -0.25) is 0 Å². The summed E-state index contributed by atoms with van der Waals surface area (Å²) in [5.74, 6) is 0.153. The Labute approximate surface area is 58.9 Å². The molecule has 0 unspecified atom stereocenters. The number of hydrogen-bond acceptors (Lipinski definition) is 2. The van der Waals surface area contributed by atoms with Crippen molar-refractivity contribution in [3.63, 3.8) is 0 Å². The predicted molar refractivity (Wildman–Crippen MR) is 37.6 cm³/mol. The monoisotopic (exact) mass is 142 g/mol. The van der Waals surface area contributed by atoms with Crippen LogP contribution in [0.25, 0.3) is 0 Å². The summed E-state index contributed by atoms with van der Waals surface area (Å²) in [4.78, 5) is 0. The fourth-order valence-electron chi connectivity index (χ4n) is 0.645. The van der Waals surface area contributed by atoms with E-state index in [-0.39, 0.29) is 17.8 Å². The molecule has 4 N–H and O–H groups in total. The molecule has 3 nitrogen and oxygen atoms in total. The summed E-state index contributed by atoms with van der Waals surface area (Å²) in [6.45, 7) is -0.104. The molecule has 0 amide bonds. The molecular formula is C7H10O3. The van der Waals surface area contributed by atoms with Crippen molar-refractivity contribution < 1.29 is 15.7 Å². The number of aliphatic hydroxyl groups is 1. The summed E-state index contributed by atoms with van der Waals surface area (Å²) < 4.78 is 0. The highest BCUT2D eigenvalue weighted by Gasteiger charge is 1.93. The summed E-state index contributed by atoms with van der Waals surface area (Å²) in [5.41, 5.74) is 0.567. The number of aliphatic hydroxyl groups excluding tert-OH is 1. The molecular weight excluding hydrogens is 132 g/mol. The van der Waals surface area contributed by atoms with Gasteiger partial charge in [-0.15, -0.1) is 0 Å². The molecule has 0 fully saturated rings. The molecule has 3 heteroatoms. The van der Waals surface area contributed by atoms with Crippen LogP contribution in [0.4, 0.5) is 0 Å². The SMILES string of the molecule is O.OCc1ccccc1O. The quantitative estimate of drug-likeness (QED) is 0.582. The molecule has 0 saturated heterocycles. The molecule has 0 radical (unpaired) electrons. The molecule has 1 rings (SSSR count). The van der Waals surface area contributed by atoms with Crippen LogP contribution in [-0.4, -0.2) is 15.7 Å². The Morgan fingerprint density at radius 2 is 1.80 bits per heavy atom. The summed E-state index contributed by atoms with van der Waals surface area (Å²) in [7, 11) is 0. The molecule has 1 aromatic rings. The smallest absolute Gasteiger partial charge is 0.121 e. The van der Waals surface area contributed by atoms with E-state index in [9.17, 15) is 0 Å². The number of aromatic hydroxyl groups is 1. The van der Waals surface area contributed by atoms with Gasteiger partial charge in [0.05, 0.1) is 6.61 Å². The summed E-state index contributed by atoms with van der Waals surface area (Å²) in [6, 6.07) is 6.71. The van der Waals surface area contributed by atoms with Crippen molar-refractivity contribution in [2.24, 2.45) is 0 Å². The van der Waals surface area contributed by atoms with Crippen LogP contribution in [0.2, 0.25) is 0 Å². The van der Waals surface area contributed by atoms with Crippen LogP contribution in [0.15, 0.2) is 24.3 Å². The maximum atomic E-state index is 8.95. The molecule has 0 aliphatic rings. The van der Waals surface area contributed by atoms with Crippen molar-refractivity contribution in [3.8, 4) is 5.75 Å². The minimum absolute atomic E-state index is 0. The average Bonchev–Trinajstić information content (AvgIpc) is 1.89. The first-order valence-electron chi connectivity index (χ1n) is 2.72. The molecule has 0 bridgehead atoms. The zero-order valence-electron chi connectivity index (χ0n) is 5.41. The first-order valence-corrected chi connectivity index (χ1v) is 2.72. The predicted octanol–water partition coefficient (Wildman–Crippen LogP) is 0.0598. The number of hydrogen-bond donors (Lipinski definition) is 2. The third kappa shape index (κ3) is 1.72. The molecule has 1 aromatic carbocycles. The fraction of sp³-hybridized carbons (Fsp3) is 0.143. The summed E-state index contributed by atoms with van der Waals surface area (Å²) in [5, 5.41) is 17.5. The van der Waals surface area contributed by atoms with Crippen LogP contribution >= 0.6 is 0 Å². The van der Waals surface area contributed by atoms with Gasteiger partial charge in [-0.1, -0.05) is 18.2 Å². The number of phenols is 1. The Balaban J connectivity index is 0.000000810. The van der Waals surface area contributed by atoms with Crippen molar-refractivity contribution in [3.05, 3.63) is 29.8 Å². The third-order valence-corrected chi connectivity index (χ3v) is 1.16. The van der Waals surface area contributed by atoms with Gasteiger partial charge < -0.3 is 15.7 Å². The minimum Gasteiger partial charge on any atom is -0.508 e. The lowest BCUT2D eigenvalue weighted by molar-refractivity contribution is 0.275. The first kappa shape index (κ1) is 8.94. The summed E-state index contributed by atoms with van der Waals surface area (Å²) >= 11 is 0. The van der Waals surface area contributed by atoms with E-state index in [1.807, 2.05) is 0 Å². The van der Waals surface area contributed by atoms with Crippen LogP contribution in [0.3, 0.4) is 0 Å². The Morgan fingerprint density at radius 3 is 2.20 bits per heavy atom. The van der Waals surface area contributed by atoms with Crippen LogP contribution in [-0.2, 0) is 6.61 Å². The highest BCUT2D eigenvalue weighted by molar-refractivity contribution is 5.30. The Morgan fingerprint density at radius 1 is 1.20 bits per heavy atom. The normalized spacial score (nSPS) is 8.50. The van der Waals surface area contributed by atoms with Crippen LogP contribution in [0.1, 0.15) is 5.56 Å². The maximum Gasteiger partial charge on any atom is 0.121 e. The van der Waals surface area contributed by atoms with Crippen molar-refractivity contribution >= 4 is 0 Å². The lowest BCUT2D eigenvalue weighted by Gasteiger charge is -1.96. The molecule has 0 aromatic heterocycles. The van der Waals surface area contributed by atoms with Gasteiger partial charge >= 0.3 is 0 Å². The number of benzene rings is 1. The van der Waals surface area contributed by atoms with Gasteiger partial charge in [0.2, 0.25) is 0 Å². The first-order chi connectivity index (χ1) is 4.34. The molecule has 56 valence electrons. The Kier molecular flexibility index (Phi) is 3.46. The van der Waals surface area contributed by atoms with Gasteiger partial charge in [0.25, 0.3) is 0 Å². The van der Waals surface area contributed by atoms with E-state index in [2.05, 4.69) is 0 Å². The molecule has 10 heavy (non-hydrogen) atoms. The number of para-hydroxylation sites is 1. The topological polar surface area (TPSA) is 72.0 Å². The number of rotatable bonds is 1. The van der Waals surface area contributed by atoms with Crippen LogP contribution < -0.4 is 0 Å². The van der Waals surface area contributed by atoms with E-state index in [0.29, 0.717) is 5.56 Å². The lowest BCUT2D eigenvalue weighted by atomic mass is 10.2. The van der Waals surface area contributed by atoms with Gasteiger partial charge in [0, 0.05) is 5.56 Å². The van der Waals surface area contributed by atoms with Crippen molar-refractivity contribution in [2.75, 3.05) is 0 Å². The van der Waals surface area contributed by atoms with Gasteiger partial charge in [0.15, 0.2) is 0 Å². The van der Waals surface area contributed by atoms with Crippen molar-refractivity contribution in [1.29, 1.82) is 0 Å². The van der Waals surface area contributed by atoms with E-state index in [0.717, 1.165) is 0 Å². The average molecular weight is 142 g/mol. The van der Waals surface area contributed by atoms with Gasteiger partial charge in [0.1, 0.15) is 5.75 Å². The van der Waals surface area contributed by atoms with E-state index in [4.69, 9.17) is 10.2 Å². The van der Waals surface area contributed by atoms with E-state index in [1.54, 1.807) is 24.3 Å². The standard InChI is InChI=1S/C7H8O2.H2O/c8-5-6-3-1-2-4-7(6)9;/h1-4,8-9H,5H2;1H2. The van der Waals surface area contributed by atoms with Gasteiger partial charge in [-0.05, 0) is 6.07 Å². The molecule has 0 aliphatic heterocycles. The van der Waals surface area contributed by atoms with Crippen LogP contribution in [0, 0.1) is 0 Å². The third-order valence-electron chi connectivity index (χ3n) is 1.16. The molecule has 0 heterocycles.